The molecule has 4 N–H and O–H groups in total. The van der Waals surface area contributed by atoms with E-state index in [4.69, 9.17) is 37.9 Å². The standard InChI is InChI=1S/C43H66O14/c1-21-38(54-24(4)44)31(45)18-36(52-21)56-40-23(3)53-37(19-33(40)47)57-39-22(2)51-35(17-32(39)46)55-27-9-12-41(5)26(16-27)7-8-30-29(41)10-13-42(6)28(11-14-43(30,42)49)25-15-34(48)50-20-25/h15,21-23,26-33,35-40,45-47,49H,7-14,16-20H2,1-6H3. The van der Waals surface area contributed by atoms with E-state index in [0.717, 1.165) is 63.4 Å². The summed E-state index contributed by atoms with van der Waals surface area (Å²) in [4.78, 5) is 23.4. The van der Waals surface area contributed by atoms with Gasteiger partial charge in [0.05, 0.1) is 48.3 Å². The molecule has 14 heteroatoms. The van der Waals surface area contributed by atoms with Gasteiger partial charge < -0.3 is 58.3 Å². The van der Waals surface area contributed by atoms with E-state index in [-0.39, 0.29) is 54.0 Å². The molecule has 0 amide bonds. The number of carbonyl (C=O) groups is 2. The summed E-state index contributed by atoms with van der Waals surface area (Å²) >= 11 is 0. The Morgan fingerprint density at radius 1 is 0.719 bits per heavy atom. The van der Waals surface area contributed by atoms with Crippen molar-refractivity contribution in [3.8, 4) is 0 Å². The van der Waals surface area contributed by atoms with Crippen molar-refractivity contribution in [1.29, 1.82) is 0 Å². The highest BCUT2D eigenvalue weighted by atomic mass is 16.7. The van der Waals surface area contributed by atoms with Crippen molar-refractivity contribution in [2.75, 3.05) is 6.61 Å². The van der Waals surface area contributed by atoms with Gasteiger partial charge in [-0.3, -0.25) is 4.79 Å². The Kier molecular flexibility index (Phi) is 11.8. The number of ether oxygens (including phenoxy) is 8. The Morgan fingerprint density at radius 2 is 1.30 bits per heavy atom. The molecule has 0 radical (unpaired) electrons. The number of hydrogen-bond acceptors (Lipinski definition) is 14. The molecule has 0 aromatic carbocycles. The fourth-order valence-electron chi connectivity index (χ4n) is 13.1. The minimum absolute atomic E-state index is 0.0144. The molecular weight excluding hydrogens is 740 g/mol. The Hall–Kier alpha value is -1.72. The van der Waals surface area contributed by atoms with Gasteiger partial charge in [-0.1, -0.05) is 13.8 Å². The van der Waals surface area contributed by atoms with Gasteiger partial charge in [-0.15, -0.1) is 0 Å². The van der Waals surface area contributed by atoms with Crippen LogP contribution in [0.3, 0.4) is 0 Å². The van der Waals surface area contributed by atoms with Gasteiger partial charge in [-0.25, -0.2) is 4.79 Å². The van der Waals surface area contributed by atoms with Crippen molar-refractivity contribution in [3.63, 3.8) is 0 Å². The molecule has 8 rings (SSSR count). The van der Waals surface area contributed by atoms with Crippen molar-refractivity contribution >= 4 is 11.9 Å². The molecule has 4 aliphatic heterocycles. The Labute approximate surface area is 336 Å². The minimum Gasteiger partial charge on any atom is -0.458 e. The summed E-state index contributed by atoms with van der Waals surface area (Å²) in [5.41, 5.74) is 0.191. The van der Waals surface area contributed by atoms with Crippen molar-refractivity contribution in [2.24, 2.45) is 34.5 Å². The lowest BCUT2D eigenvalue weighted by molar-refractivity contribution is -0.336. The monoisotopic (exact) mass is 806 g/mol. The molecule has 0 aromatic rings. The molecular formula is C43H66O14. The van der Waals surface area contributed by atoms with Gasteiger partial charge in [0.1, 0.15) is 18.8 Å². The average Bonchev–Trinajstić information content (AvgIpc) is 3.68. The largest absolute Gasteiger partial charge is 0.458 e. The number of esters is 2. The highest BCUT2D eigenvalue weighted by molar-refractivity contribution is 5.85. The third-order valence-corrected chi connectivity index (χ3v) is 16.1. The van der Waals surface area contributed by atoms with Crippen LogP contribution in [0.15, 0.2) is 11.6 Å². The van der Waals surface area contributed by atoms with Crippen LogP contribution in [0.1, 0.15) is 119 Å². The number of aliphatic hydroxyl groups is 4. The van der Waals surface area contributed by atoms with E-state index in [1.54, 1.807) is 19.9 Å². The van der Waals surface area contributed by atoms with E-state index in [1.165, 1.54) is 6.92 Å². The quantitative estimate of drug-likeness (QED) is 0.205. The van der Waals surface area contributed by atoms with Gasteiger partial charge in [0.25, 0.3) is 0 Å². The summed E-state index contributed by atoms with van der Waals surface area (Å²) in [6.07, 6.45) is 1.78. The van der Waals surface area contributed by atoms with E-state index in [2.05, 4.69) is 13.8 Å². The first-order valence-electron chi connectivity index (χ1n) is 21.7. The van der Waals surface area contributed by atoms with Crippen LogP contribution >= 0.6 is 0 Å². The lowest BCUT2D eigenvalue weighted by Gasteiger charge is -2.64. The molecule has 0 spiro atoms. The van der Waals surface area contributed by atoms with Crippen molar-refractivity contribution in [1.82, 2.24) is 0 Å². The second-order valence-corrected chi connectivity index (χ2v) is 19.3. The number of aliphatic hydroxyl groups excluding tert-OH is 3. The maximum Gasteiger partial charge on any atom is 0.331 e. The van der Waals surface area contributed by atoms with E-state index >= 15 is 0 Å². The highest BCUT2D eigenvalue weighted by Crippen LogP contribution is 2.70. The fourth-order valence-corrected chi connectivity index (χ4v) is 13.1. The molecule has 322 valence electrons. The second-order valence-electron chi connectivity index (χ2n) is 19.3. The lowest BCUT2D eigenvalue weighted by Crippen LogP contribution is -2.62. The Bertz CT molecular complexity index is 1490. The highest BCUT2D eigenvalue weighted by Gasteiger charge is 2.68. The molecule has 14 nitrogen and oxygen atoms in total. The SMILES string of the molecule is CC(=O)OC1C(O)CC(OC2C(O)CC(OC3C(O)CC(OC4CCC5(C)C(CCC6C5CCC5(C)C(C7=CC(=O)OC7)CCC65O)C4)OC3C)OC2C)OC1C. The molecule has 7 fully saturated rings. The van der Waals surface area contributed by atoms with Crippen LogP contribution in [0.5, 0.6) is 0 Å². The Morgan fingerprint density at radius 3 is 1.84 bits per heavy atom. The van der Waals surface area contributed by atoms with Crippen LogP contribution < -0.4 is 0 Å². The van der Waals surface area contributed by atoms with Crippen LogP contribution in [-0.4, -0.2) is 124 Å². The topological polar surface area (TPSA) is 189 Å². The maximum atomic E-state index is 12.6. The number of cyclic esters (lactones) is 1. The summed E-state index contributed by atoms with van der Waals surface area (Å²) in [5.74, 6) is 0.597. The lowest BCUT2D eigenvalue weighted by atomic mass is 9.43. The first kappa shape index (κ1) is 42.0. The van der Waals surface area contributed by atoms with Crippen LogP contribution in [-0.2, 0) is 47.5 Å². The predicted octanol–water partition coefficient (Wildman–Crippen LogP) is 3.82. The predicted molar refractivity (Wildman–Crippen MR) is 201 cm³/mol. The summed E-state index contributed by atoms with van der Waals surface area (Å²) in [6, 6.07) is 0. The van der Waals surface area contributed by atoms with Gasteiger partial charge in [0.15, 0.2) is 25.0 Å². The molecule has 20 atom stereocenters. The van der Waals surface area contributed by atoms with Gasteiger partial charge in [-0.2, -0.15) is 0 Å². The number of rotatable bonds is 8. The third-order valence-electron chi connectivity index (χ3n) is 16.1. The molecule has 0 bridgehead atoms. The molecule has 3 saturated heterocycles. The molecule has 4 saturated carbocycles. The summed E-state index contributed by atoms with van der Waals surface area (Å²) in [5, 5.41) is 45.6. The summed E-state index contributed by atoms with van der Waals surface area (Å²) in [7, 11) is 0. The fraction of sp³-hybridized carbons (Fsp3) is 0.907. The normalized spacial score (nSPS) is 52.6. The zero-order valence-electron chi connectivity index (χ0n) is 34.5. The molecule has 8 aliphatic rings. The van der Waals surface area contributed by atoms with E-state index in [0.29, 0.717) is 18.4 Å². The molecule has 20 unspecified atom stereocenters. The second kappa shape index (κ2) is 16.0. The van der Waals surface area contributed by atoms with Crippen molar-refractivity contribution < 1.29 is 67.9 Å². The molecule has 0 aromatic heterocycles. The first-order chi connectivity index (χ1) is 27.0. The molecule has 4 heterocycles. The first-order valence-corrected chi connectivity index (χ1v) is 21.7. The summed E-state index contributed by atoms with van der Waals surface area (Å²) < 4.78 is 47.7. The van der Waals surface area contributed by atoms with Crippen LogP contribution in [0.4, 0.5) is 0 Å². The van der Waals surface area contributed by atoms with E-state index < -0.39 is 85.4 Å². The Balaban J connectivity index is 0.813. The van der Waals surface area contributed by atoms with E-state index in [1.807, 2.05) is 6.92 Å². The van der Waals surface area contributed by atoms with Crippen LogP contribution in [0.25, 0.3) is 0 Å². The van der Waals surface area contributed by atoms with Crippen LogP contribution in [0.2, 0.25) is 0 Å². The van der Waals surface area contributed by atoms with Gasteiger partial charge >= 0.3 is 11.9 Å². The molecule has 4 aliphatic carbocycles. The number of hydrogen-bond donors (Lipinski definition) is 4. The summed E-state index contributed by atoms with van der Waals surface area (Å²) in [6.45, 7) is 11.7. The van der Waals surface area contributed by atoms with Gasteiger partial charge in [-0.05, 0) is 113 Å². The van der Waals surface area contributed by atoms with Crippen LogP contribution in [0, 0.1) is 34.5 Å². The number of carbonyl (C=O) groups excluding carboxylic acids is 2. The zero-order chi connectivity index (χ0) is 40.6. The number of fused-ring (bicyclic) bond motifs is 5. The smallest absolute Gasteiger partial charge is 0.331 e. The maximum absolute atomic E-state index is 12.6. The third kappa shape index (κ3) is 7.65. The zero-order valence-corrected chi connectivity index (χ0v) is 34.5. The van der Waals surface area contributed by atoms with Crippen molar-refractivity contribution in [2.45, 2.75) is 204 Å². The van der Waals surface area contributed by atoms with Gasteiger partial charge in [0, 0.05) is 37.7 Å². The minimum atomic E-state index is -0.980. The molecule has 57 heavy (non-hydrogen) atoms. The van der Waals surface area contributed by atoms with Gasteiger partial charge in [0.2, 0.25) is 0 Å². The van der Waals surface area contributed by atoms with E-state index in [9.17, 15) is 30.0 Å². The average molecular weight is 807 g/mol. The van der Waals surface area contributed by atoms with Crippen molar-refractivity contribution in [3.05, 3.63) is 11.6 Å².